The zero-order valence-electron chi connectivity index (χ0n) is 21.9. The highest BCUT2D eigenvalue weighted by molar-refractivity contribution is 7.15. The van der Waals surface area contributed by atoms with Crippen molar-refractivity contribution in [1.29, 1.82) is 0 Å². The summed E-state index contributed by atoms with van der Waals surface area (Å²) >= 11 is 1.09. The highest BCUT2D eigenvalue weighted by Crippen LogP contribution is 2.37. The van der Waals surface area contributed by atoms with E-state index in [1.807, 2.05) is 32.6 Å². The normalized spacial score (nSPS) is 23.3. The van der Waals surface area contributed by atoms with Crippen LogP contribution >= 0.6 is 11.3 Å². The Balaban J connectivity index is 2.09. The van der Waals surface area contributed by atoms with E-state index >= 15 is 0 Å². The molecule has 1 aliphatic heterocycles. The van der Waals surface area contributed by atoms with Crippen LogP contribution in [0.5, 0.6) is 0 Å². The average Bonchev–Trinajstić information content (AvgIpc) is 3.14. The molecule has 0 radical (unpaired) electrons. The molecule has 1 aliphatic carbocycles. The minimum Gasteiger partial charge on any atom is -0.477 e. The van der Waals surface area contributed by atoms with Crippen LogP contribution in [0.1, 0.15) is 101 Å². The Bertz CT molecular complexity index is 989. The molecule has 1 saturated heterocycles. The highest BCUT2D eigenvalue weighted by Gasteiger charge is 2.40. The molecule has 1 aromatic heterocycles. The summed E-state index contributed by atoms with van der Waals surface area (Å²) in [5, 5.41) is 10.1. The SMILES string of the molecule is CCCN1CCCC[C@H](N(C(=O)C2CCC(C)CC2)c2cc(C#CC(C)(C)C)sc2C(=O)O)C1=O. The summed E-state index contributed by atoms with van der Waals surface area (Å²) in [5.41, 5.74) is 0.0979. The van der Waals surface area contributed by atoms with Crippen LogP contribution in [0.2, 0.25) is 0 Å². The Labute approximate surface area is 214 Å². The van der Waals surface area contributed by atoms with Gasteiger partial charge in [0, 0.05) is 24.4 Å². The molecule has 0 unspecified atom stereocenters. The van der Waals surface area contributed by atoms with E-state index in [0.29, 0.717) is 36.0 Å². The van der Waals surface area contributed by atoms with Gasteiger partial charge in [-0.25, -0.2) is 4.79 Å². The third-order valence-electron chi connectivity index (χ3n) is 6.89. The number of carbonyl (C=O) groups is 3. The molecule has 3 rings (SSSR count). The van der Waals surface area contributed by atoms with Gasteiger partial charge in [0.05, 0.1) is 10.6 Å². The Hall–Kier alpha value is -2.33. The summed E-state index contributed by atoms with van der Waals surface area (Å²) in [6.07, 6.45) is 6.61. The molecule has 1 saturated carbocycles. The molecular formula is C28H40N2O4S. The Morgan fingerprint density at radius 3 is 2.46 bits per heavy atom. The molecule has 2 amide bonds. The number of carboxylic acid groups (broad SMARTS) is 1. The van der Waals surface area contributed by atoms with Crippen molar-refractivity contribution in [3.05, 3.63) is 15.8 Å². The summed E-state index contributed by atoms with van der Waals surface area (Å²) < 4.78 is 0. The lowest BCUT2D eigenvalue weighted by Crippen LogP contribution is -2.52. The van der Waals surface area contributed by atoms with Crippen LogP contribution in [0.4, 0.5) is 5.69 Å². The molecule has 0 bridgehead atoms. The summed E-state index contributed by atoms with van der Waals surface area (Å²) in [7, 11) is 0. The van der Waals surface area contributed by atoms with Crippen molar-refractivity contribution < 1.29 is 19.5 Å². The molecule has 7 heteroatoms. The summed E-state index contributed by atoms with van der Waals surface area (Å²) in [5.74, 6) is 5.41. The van der Waals surface area contributed by atoms with E-state index in [1.165, 1.54) is 0 Å². The Morgan fingerprint density at radius 1 is 1.17 bits per heavy atom. The molecule has 1 N–H and O–H groups in total. The summed E-state index contributed by atoms with van der Waals surface area (Å²) in [6.45, 7) is 11.6. The molecule has 2 heterocycles. The number of thiophene rings is 1. The van der Waals surface area contributed by atoms with Gasteiger partial charge < -0.3 is 10.0 Å². The number of likely N-dealkylation sites (tertiary alicyclic amines) is 1. The van der Waals surface area contributed by atoms with Gasteiger partial charge in [0.15, 0.2) is 0 Å². The zero-order valence-corrected chi connectivity index (χ0v) is 22.7. The van der Waals surface area contributed by atoms with Crippen molar-refractivity contribution in [2.45, 2.75) is 92.0 Å². The van der Waals surface area contributed by atoms with Crippen LogP contribution in [0.25, 0.3) is 0 Å². The van der Waals surface area contributed by atoms with Gasteiger partial charge in [-0.3, -0.25) is 14.5 Å². The van der Waals surface area contributed by atoms with Gasteiger partial charge in [-0.1, -0.05) is 25.7 Å². The van der Waals surface area contributed by atoms with Gasteiger partial charge in [0.25, 0.3) is 0 Å². The standard InChI is InChI=1S/C28H40N2O4S/c1-6-16-29-17-8-7-9-22(26(29)32)30(25(31)20-12-10-19(2)11-13-20)23-18-21(14-15-28(3,4)5)35-24(23)27(33)34/h18-20,22H,6-13,16-17H2,1-5H3,(H,33,34)/t19?,20?,22-/m0/s1. The maximum atomic E-state index is 14.1. The second kappa shape index (κ2) is 11.6. The van der Waals surface area contributed by atoms with E-state index in [2.05, 4.69) is 18.8 Å². The number of aromatic carboxylic acids is 1. The highest BCUT2D eigenvalue weighted by atomic mass is 32.1. The molecule has 0 aromatic carbocycles. The van der Waals surface area contributed by atoms with Gasteiger partial charge in [0.2, 0.25) is 11.8 Å². The van der Waals surface area contributed by atoms with E-state index in [9.17, 15) is 19.5 Å². The van der Waals surface area contributed by atoms with Crippen molar-refractivity contribution in [3.8, 4) is 11.8 Å². The lowest BCUT2D eigenvalue weighted by molar-refractivity contribution is -0.135. The number of anilines is 1. The zero-order chi connectivity index (χ0) is 25.8. The second-order valence-corrected chi connectivity index (χ2v) is 12.2. The van der Waals surface area contributed by atoms with Crippen molar-refractivity contribution in [3.63, 3.8) is 0 Å². The lowest BCUT2D eigenvalue weighted by atomic mass is 9.82. The number of amides is 2. The molecule has 1 atom stereocenters. The minimum absolute atomic E-state index is 0.0632. The number of hydrogen-bond donors (Lipinski definition) is 1. The van der Waals surface area contributed by atoms with Crippen molar-refractivity contribution >= 4 is 34.8 Å². The van der Waals surface area contributed by atoms with E-state index < -0.39 is 12.0 Å². The van der Waals surface area contributed by atoms with E-state index in [-0.39, 0.29) is 28.0 Å². The first kappa shape index (κ1) is 27.3. The average molecular weight is 501 g/mol. The number of hydrogen-bond acceptors (Lipinski definition) is 4. The maximum absolute atomic E-state index is 14.1. The van der Waals surface area contributed by atoms with Crippen molar-refractivity contribution in [2.24, 2.45) is 17.3 Å². The van der Waals surface area contributed by atoms with E-state index in [4.69, 9.17) is 0 Å². The number of carboxylic acids is 1. The summed E-state index contributed by atoms with van der Waals surface area (Å²) in [6, 6.07) is 1.05. The largest absolute Gasteiger partial charge is 0.477 e. The molecular weight excluding hydrogens is 460 g/mol. The molecule has 2 aliphatic rings. The van der Waals surface area contributed by atoms with E-state index in [0.717, 1.165) is 56.3 Å². The van der Waals surface area contributed by atoms with Crippen molar-refractivity contribution in [1.82, 2.24) is 4.90 Å². The summed E-state index contributed by atoms with van der Waals surface area (Å²) in [4.78, 5) is 44.2. The Morgan fingerprint density at radius 2 is 1.86 bits per heavy atom. The van der Waals surface area contributed by atoms with Crippen LogP contribution in [-0.2, 0) is 9.59 Å². The van der Waals surface area contributed by atoms with Crippen LogP contribution in [-0.4, -0.2) is 46.9 Å². The maximum Gasteiger partial charge on any atom is 0.348 e. The molecule has 0 spiro atoms. The molecule has 1 aromatic rings. The van der Waals surface area contributed by atoms with Crippen LogP contribution < -0.4 is 4.90 Å². The monoisotopic (exact) mass is 500 g/mol. The van der Waals surface area contributed by atoms with Gasteiger partial charge >= 0.3 is 5.97 Å². The molecule has 6 nitrogen and oxygen atoms in total. The fourth-order valence-electron chi connectivity index (χ4n) is 4.98. The van der Waals surface area contributed by atoms with Crippen molar-refractivity contribution in [2.75, 3.05) is 18.0 Å². The first-order chi connectivity index (χ1) is 16.5. The van der Waals surface area contributed by atoms with E-state index in [1.54, 1.807) is 11.0 Å². The van der Waals surface area contributed by atoms with Gasteiger partial charge in [-0.2, -0.15) is 0 Å². The van der Waals surface area contributed by atoms with Gasteiger partial charge in [-0.15, -0.1) is 11.3 Å². The fourth-order valence-corrected chi connectivity index (χ4v) is 5.83. The number of nitrogens with zero attached hydrogens (tertiary/aromatic N) is 2. The van der Waals surface area contributed by atoms with Gasteiger partial charge in [0.1, 0.15) is 10.9 Å². The fraction of sp³-hybridized carbons (Fsp3) is 0.679. The van der Waals surface area contributed by atoms with Crippen LogP contribution in [0.15, 0.2) is 6.07 Å². The van der Waals surface area contributed by atoms with Gasteiger partial charge in [-0.05, 0) is 84.1 Å². The predicted molar refractivity (Wildman–Crippen MR) is 141 cm³/mol. The van der Waals surface area contributed by atoms with Crippen LogP contribution in [0, 0.1) is 29.1 Å². The first-order valence-electron chi connectivity index (χ1n) is 13.0. The quantitative estimate of drug-likeness (QED) is 0.501. The minimum atomic E-state index is -1.09. The topological polar surface area (TPSA) is 77.9 Å². The predicted octanol–water partition coefficient (Wildman–Crippen LogP) is 5.79. The first-order valence-corrected chi connectivity index (χ1v) is 13.9. The smallest absolute Gasteiger partial charge is 0.348 e. The van der Waals surface area contributed by atoms with Crippen LogP contribution in [0.3, 0.4) is 0 Å². The number of rotatable bonds is 6. The third-order valence-corrected chi connectivity index (χ3v) is 7.91. The molecule has 2 fully saturated rings. The second-order valence-electron chi connectivity index (χ2n) is 11.1. The Kier molecular flexibility index (Phi) is 9.04. The number of carbonyl (C=O) groups excluding carboxylic acids is 2. The lowest BCUT2D eigenvalue weighted by Gasteiger charge is -2.36. The third kappa shape index (κ3) is 6.88. The molecule has 35 heavy (non-hydrogen) atoms. The molecule has 192 valence electrons.